The molecule has 0 spiro atoms. The molecule has 6 atom stereocenters. The van der Waals surface area contributed by atoms with Gasteiger partial charge in [0.1, 0.15) is 24.1 Å². The number of nitrogens with zero attached hydrogens (tertiary/aromatic N) is 4. The van der Waals surface area contributed by atoms with Gasteiger partial charge in [-0.05, 0) is 24.1 Å². The lowest BCUT2D eigenvalue weighted by Crippen LogP contribution is -2.33. The predicted molar refractivity (Wildman–Crippen MR) is 127 cm³/mol. The van der Waals surface area contributed by atoms with Crippen molar-refractivity contribution in [1.82, 2.24) is 19.7 Å². The Labute approximate surface area is 209 Å². The van der Waals surface area contributed by atoms with Gasteiger partial charge >= 0.3 is 15.2 Å². The number of aliphatic hydroxyl groups excluding tert-OH is 2. The number of halogens is 1. The molecule has 1 aliphatic rings. The van der Waals surface area contributed by atoms with Crippen LogP contribution in [0.25, 0.3) is 11.0 Å². The summed E-state index contributed by atoms with van der Waals surface area (Å²) in [6.07, 6.45) is -4.28. The van der Waals surface area contributed by atoms with Gasteiger partial charge in [-0.3, -0.25) is 9.13 Å². The second-order valence-corrected chi connectivity index (χ2v) is 12.6. The lowest BCUT2D eigenvalue weighted by Gasteiger charge is -2.18. The van der Waals surface area contributed by atoms with Crippen LogP contribution in [0.2, 0.25) is 5.28 Å². The van der Waals surface area contributed by atoms with Gasteiger partial charge < -0.3 is 39.5 Å². The lowest BCUT2D eigenvalue weighted by atomic mass is 10.1. The minimum Gasteiger partial charge on any atom is -0.387 e. The fraction of sp³-hybridized carbons (Fsp3) is 0.421. The zero-order valence-electron chi connectivity index (χ0n) is 18.7. The molecule has 0 radical (unpaired) electrons. The molecular weight excluding hydrogens is 540 g/mol. The Morgan fingerprint density at radius 2 is 1.86 bits per heavy atom. The van der Waals surface area contributed by atoms with Crippen LogP contribution in [-0.4, -0.2) is 75.5 Å². The normalized spacial score (nSPS) is 25.1. The van der Waals surface area contributed by atoms with Crippen molar-refractivity contribution in [2.75, 3.05) is 17.8 Å². The third-order valence-corrected chi connectivity index (χ3v) is 9.09. The standard InChI is InChI=1S/C19H24ClN5O9P2/c1-10(11-5-3-2-4-6-11)22-16-12-7-21-25(17(12)24-19(20)23-16)18-15(27)14(26)13(34-18)8-33-36(31,32)9-35(28,29)30/h2-7,10,13-15,18,26-27H,8-9H2,1H3,(H,31,32)(H,22,23,24)(H2,28,29,30)/t10-,13+,14+,15+,18+/m0/s1. The molecule has 17 heteroatoms. The molecule has 0 aliphatic carbocycles. The van der Waals surface area contributed by atoms with Crippen molar-refractivity contribution >= 4 is 43.6 Å². The van der Waals surface area contributed by atoms with Gasteiger partial charge in [0.2, 0.25) is 5.28 Å². The van der Waals surface area contributed by atoms with Crippen LogP contribution in [0, 0.1) is 0 Å². The molecule has 1 aromatic carbocycles. The van der Waals surface area contributed by atoms with E-state index >= 15 is 0 Å². The molecule has 14 nitrogen and oxygen atoms in total. The molecule has 0 saturated carbocycles. The average molecular weight is 564 g/mol. The third kappa shape index (κ3) is 6.12. The van der Waals surface area contributed by atoms with E-state index in [-0.39, 0.29) is 17.0 Å². The maximum absolute atomic E-state index is 11.9. The second kappa shape index (κ2) is 10.4. The molecule has 1 fully saturated rings. The molecular formula is C19H24ClN5O9P2. The highest BCUT2D eigenvalue weighted by Crippen LogP contribution is 2.55. The highest BCUT2D eigenvalue weighted by molar-refractivity contribution is 7.70. The van der Waals surface area contributed by atoms with Crippen molar-refractivity contribution in [2.24, 2.45) is 0 Å². The van der Waals surface area contributed by atoms with E-state index in [1.165, 1.54) is 10.9 Å². The fourth-order valence-corrected chi connectivity index (χ4v) is 6.49. The smallest absolute Gasteiger partial charge is 0.340 e. The first-order valence-electron chi connectivity index (χ1n) is 10.6. The summed E-state index contributed by atoms with van der Waals surface area (Å²) in [7, 11) is -9.52. The molecule has 36 heavy (non-hydrogen) atoms. The number of ether oxygens (including phenoxy) is 1. The summed E-state index contributed by atoms with van der Waals surface area (Å²) >= 11 is 6.14. The molecule has 6 N–H and O–H groups in total. The molecule has 4 rings (SSSR count). The second-order valence-electron chi connectivity index (χ2n) is 8.23. The first-order valence-corrected chi connectivity index (χ1v) is 14.5. The highest BCUT2D eigenvalue weighted by Gasteiger charge is 2.46. The Morgan fingerprint density at radius 3 is 2.53 bits per heavy atom. The van der Waals surface area contributed by atoms with Crippen molar-refractivity contribution < 1.29 is 43.3 Å². The molecule has 196 valence electrons. The van der Waals surface area contributed by atoms with E-state index in [1.807, 2.05) is 37.3 Å². The summed E-state index contributed by atoms with van der Waals surface area (Å²) in [5.74, 6) is -1.02. The van der Waals surface area contributed by atoms with Crippen molar-refractivity contribution in [3.63, 3.8) is 0 Å². The van der Waals surface area contributed by atoms with Gasteiger partial charge in [0, 0.05) is 6.04 Å². The number of aliphatic hydroxyl groups is 2. The minimum atomic E-state index is -4.83. The molecule has 1 unspecified atom stereocenters. The van der Waals surface area contributed by atoms with Gasteiger partial charge in [-0.2, -0.15) is 15.1 Å². The van der Waals surface area contributed by atoms with E-state index in [1.54, 1.807) is 0 Å². The molecule has 3 heterocycles. The van der Waals surface area contributed by atoms with Crippen molar-refractivity contribution in [1.29, 1.82) is 0 Å². The molecule has 0 amide bonds. The largest absolute Gasteiger partial charge is 0.387 e. The third-order valence-electron chi connectivity index (χ3n) is 5.46. The SMILES string of the molecule is C[C@H](Nc1nc(Cl)nc2c1cnn2[C@@H]1O[C@H](COP(=O)(O)CP(=O)(O)O)[C@@H](O)[C@H]1O)c1ccccc1. The fourth-order valence-electron chi connectivity index (χ4n) is 3.76. The monoisotopic (exact) mass is 563 g/mol. The number of rotatable bonds is 9. The number of benzene rings is 1. The van der Waals surface area contributed by atoms with Crippen molar-refractivity contribution in [3.05, 3.63) is 47.4 Å². The van der Waals surface area contributed by atoms with Gasteiger partial charge in [0.15, 0.2) is 17.8 Å². The van der Waals surface area contributed by atoms with Crippen LogP contribution < -0.4 is 5.32 Å². The quantitative estimate of drug-likeness (QED) is 0.162. The molecule has 2 aromatic heterocycles. The van der Waals surface area contributed by atoms with E-state index < -0.39 is 52.2 Å². The Balaban J connectivity index is 1.55. The maximum atomic E-state index is 11.9. The van der Waals surface area contributed by atoms with Gasteiger partial charge in [-0.25, -0.2) is 4.68 Å². The predicted octanol–water partition coefficient (Wildman–Crippen LogP) is 1.61. The van der Waals surface area contributed by atoms with E-state index in [9.17, 15) is 24.2 Å². The van der Waals surface area contributed by atoms with Crippen LogP contribution >= 0.6 is 26.8 Å². The van der Waals surface area contributed by atoms with Gasteiger partial charge in [-0.15, -0.1) is 0 Å². The van der Waals surface area contributed by atoms with Gasteiger partial charge in [-0.1, -0.05) is 30.3 Å². The Hall–Kier alpha value is -1.96. The zero-order valence-corrected chi connectivity index (χ0v) is 21.2. The summed E-state index contributed by atoms with van der Waals surface area (Å²) in [6.45, 7) is 1.21. The number of aromatic nitrogens is 4. The van der Waals surface area contributed by atoms with Crippen LogP contribution in [0.3, 0.4) is 0 Å². The topological polar surface area (TPSA) is 209 Å². The number of anilines is 1. The summed E-state index contributed by atoms with van der Waals surface area (Å²) in [5.41, 5.74) is 1.18. The Kier molecular flexibility index (Phi) is 7.84. The summed E-state index contributed by atoms with van der Waals surface area (Å²) < 4.78 is 34.5. The van der Waals surface area contributed by atoms with Crippen LogP contribution in [-0.2, 0) is 18.4 Å². The van der Waals surface area contributed by atoms with Crippen molar-refractivity contribution in [2.45, 2.75) is 37.5 Å². The van der Waals surface area contributed by atoms with E-state index in [0.717, 1.165) is 5.56 Å². The number of fused-ring (bicyclic) bond motifs is 1. The molecule has 3 aromatic rings. The number of hydrogen-bond donors (Lipinski definition) is 6. The molecule has 0 bridgehead atoms. The average Bonchev–Trinajstić information content (AvgIpc) is 3.32. The number of hydrogen-bond acceptors (Lipinski definition) is 10. The van der Waals surface area contributed by atoms with E-state index in [4.69, 9.17) is 30.6 Å². The Morgan fingerprint density at radius 1 is 1.17 bits per heavy atom. The van der Waals surface area contributed by atoms with Gasteiger partial charge in [0.05, 0.1) is 18.2 Å². The summed E-state index contributed by atoms with van der Waals surface area (Å²) in [6, 6.07) is 9.44. The van der Waals surface area contributed by atoms with Crippen molar-refractivity contribution in [3.8, 4) is 0 Å². The van der Waals surface area contributed by atoms with E-state index in [2.05, 4.69) is 20.4 Å². The highest BCUT2D eigenvalue weighted by atomic mass is 35.5. The maximum Gasteiger partial charge on any atom is 0.340 e. The van der Waals surface area contributed by atoms with Gasteiger partial charge in [0.25, 0.3) is 0 Å². The summed E-state index contributed by atoms with van der Waals surface area (Å²) in [5, 5.41) is 28.8. The first-order chi connectivity index (χ1) is 16.8. The van der Waals surface area contributed by atoms with Crippen LogP contribution in [0.15, 0.2) is 36.5 Å². The lowest BCUT2D eigenvalue weighted by molar-refractivity contribution is -0.0541. The number of nitrogens with one attached hydrogen (secondary N) is 1. The zero-order chi connectivity index (χ0) is 26.3. The first kappa shape index (κ1) is 27.1. The minimum absolute atomic E-state index is 0.112. The van der Waals surface area contributed by atoms with E-state index in [0.29, 0.717) is 11.2 Å². The molecule has 1 aliphatic heterocycles. The van der Waals surface area contributed by atoms with Crippen LogP contribution in [0.1, 0.15) is 24.8 Å². The summed E-state index contributed by atoms with van der Waals surface area (Å²) in [4.78, 5) is 35.9. The van der Waals surface area contributed by atoms with Crippen LogP contribution in [0.4, 0.5) is 5.82 Å². The molecule has 1 saturated heterocycles. The van der Waals surface area contributed by atoms with Crippen LogP contribution in [0.5, 0.6) is 0 Å². The Bertz CT molecular complexity index is 1320.